The van der Waals surface area contributed by atoms with Crippen LogP contribution in [0, 0.1) is 17.8 Å². The number of nitrogens with one attached hydrogen (secondary N) is 1. The highest BCUT2D eigenvalue weighted by molar-refractivity contribution is 4.89. The zero-order chi connectivity index (χ0) is 11.7. The average molecular weight is 235 g/mol. The van der Waals surface area contributed by atoms with E-state index in [0.29, 0.717) is 0 Å². The number of rotatable bonds is 3. The van der Waals surface area contributed by atoms with E-state index in [1.807, 2.05) is 0 Å². The minimum atomic E-state index is 0.849. The van der Waals surface area contributed by atoms with E-state index in [9.17, 15) is 0 Å². The van der Waals surface area contributed by atoms with Crippen LogP contribution in [0.15, 0.2) is 0 Å². The van der Waals surface area contributed by atoms with Crippen LogP contribution in [0.25, 0.3) is 0 Å². The van der Waals surface area contributed by atoms with Crippen molar-refractivity contribution in [3.8, 4) is 0 Å². The molecule has 4 atom stereocenters. The van der Waals surface area contributed by atoms with Gasteiger partial charge in [0.2, 0.25) is 0 Å². The van der Waals surface area contributed by atoms with Gasteiger partial charge in [0.05, 0.1) is 0 Å². The molecule has 0 amide bonds. The standard InChI is InChI=1S/C16H29N/c1-12-4-2-6-15(10-12)17-16-7-3-5-14(11-16)13-8-9-13/h12-17H,2-11H2,1H3. The van der Waals surface area contributed by atoms with Gasteiger partial charge < -0.3 is 5.32 Å². The van der Waals surface area contributed by atoms with Crippen molar-refractivity contribution in [2.75, 3.05) is 0 Å². The van der Waals surface area contributed by atoms with Gasteiger partial charge >= 0.3 is 0 Å². The second kappa shape index (κ2) is 5.30. The number of hydrogen-bond acceptors (Lipinski definition) is 1. The highest BCUT2D eigenvalue weighted by Crippen LogP contribution is 2.44. The van der Waals surface area contributed by atoms with E-state index in [-0.39, 0.29) is 0 Å². The zero-order valence-corrected chi connectivity index (χ0v) is 11.5. The van der Waals surface area contributed by atoms with E-state index in [4.69, 9.17) is 0 Å². The van der Waals surface area contributed by atoms with Crippen LogP contribution in [0.2, 0.25) is 0 Å². The van der Waals surface area contributed by atoms with Gasteiger partial charge in [0.25, 0.3) is 0 Å². The van der Waals surface area contributed by atoms with Crippen LogP contribution in [-0.2, 0) is 0 Å². The Balaban J connectivity index is 1.46. The summed E-state index contributed by atoms with van der Waals surface area (Å²) in [7, 11) is 0. The molecule has 0 aliphatic heterocycles. The van der Waals surface area contributed by atoms with Gasteiger partial charge in [0.1, 0.15) is 0 Å². The van der Waals surface area contributed by atoms with E-state index in [2.05, 4.69) is 12.2 Å². The Bertz CT molecular complexity index is 246. The molecule has 0 radical (unpaired) electrons. The quantitative estimate of drug-likeness (QED) is 0.776. The Labute approximate surface area is 107 Å². The molecule has 0 aromatic rings. The smallest absolute Gasteiger partial charge is 0.00723 e. The molecule has 1 nitrogen and oxygen atoms in total. The van der Waals surface area contributed by atoms with Gasteiger partial charge in [-0.05, 0) is 56.3 Å². The van der Waals surface area contributed by atoms with E-state index in [1.165, 1.54) is 64.2 Å². The maximum atomic E-state index is 4.00. The Morgan fingerprint density at radius 3 is 2.12 bits per heavy atom. The van der Waals surface area contributed by atoms with E-state index in [0.717, 1.165) is 29.8 Å². The summed E-state index contributed by atoms with van der Waals surface area (Å²) in [4.78, 5) is 0. The SMILES string of the molecule is CC1CCCC(NC2CCCC(C3CC3)C2)C1. The van der Waals surface area contributed by atoms with Crippen molar-refractivity contribution in [1.82, 2.24) is 5.32 Å². The third kappa shape index (κ3) is 3.24. The fourth-order valence-corrected chi connectivity index (χ4v) is 4.29. The summed E-state index contributed by atoms with van der Waals surface area (Å²) in [5.41, 5.74) is 0. The molecule has 0 bridgehead atoms. The van der Waals surface area contributed by atoms with Gasteiger partial charge in [0.15, 0.2) is 0 Å². The highest BCUT2D eigenvalue weighted by Gasteiger charge is 2.35. The predicted octanol–water partition coefficient (Wildman–Crippen LogP) is 4.12. The molecule has 3 aliphatic rings. The van der Waals surface area contributed by atoms with Gasteiger partial charge in [-0.15, -0.1) is 0 Å². The minimum absolute atomic E-state index is 0.849. The lowest BCUT2D eigenvalue weighted by Crippen LogP contribution is -2.43. The Morgan fingerprint density at radius 2 is 1.41 bits per heavy atom. The van der Waals surface area contributed by atoms with Crippen LogP contribution in [0.1, 0.15) is 71.1 Å². The molecule has 3 saturated carbocycles. The largest absolute Gasteiger partial charge is 0.311 e. The minimum Gasteiger partial charge on any atom is -0.311 e. The third-order valence-electron chi connectivity index (χ3n) is 5.41. The summed E-state index contributed by atoms with van der Waals surface area (Å²) in [6, 6.07) is 1.71. The lowest BCUT2D eigenvalue weighted by atomic mass is 9.81. The van der Waals surface area contributed by atoms with Crippen molar-refractivity contribution in [2.45, 2.75) is 83.2 Å². The molecule has 98 valence electrons. The Morgan fingerprint density at radius 1 is 0.706 bits per heavy atom. The molecule has 0 spiro atoms. The maximum absolute atomic E-state index is 4.00. The van der Waals surface area contributed by atoms with Crippen molar-refractivity contribution in [2.24, 2.45) is 17.8 Å². The first kappa shape index (κ1) is 12.0. The first-order valence-electron chi connectivity index (χ1n) is 8.07. The molecule has 3 fully saturated rings. The molecule has 0 heterocycles. The molecule has 0 aromatic carbocycles. The second-order valence-corrected chi connectivity index (χ2v) is 7.10. The molecular formula is C16H29N. The molecule has 3 rings (SSSR count). The first-order valence-corrected chi connectivity index (χ1v) is 8.07. The van der Waals surface area contributed by atoms with Gasteiger partial charge in [-0.25, -0.2) is 0 Å². The van der Waals surface area contributed by atoms with E-state index >= 15 is 0 Å². The molecule has 0 aromatic heterocycles. The summed E-state index contributed by atoms with van der Waals surface area (Å²) < 4.78 is 0. The summed E-state index contributed by atoms with van der Waals surface area (Å²) in [6.07, 6.45) is 14.8. The predicted molar refractivity (Wildman–Crippen MR) is 73.0 cm³/mol. The number of hydrogen-bond donors (Lipinski definition) is 1. The van der Waals surface area contributed by atoms with Crippen LogP contribution >= 0.6 is 0 Å². The first-order chi connectivity index (χ1) is 8.31. The van der Waals surface area contributed by atoms with Gasteiger partial charge in [0, 0.05) is 12.1 Å². The van der Waals surface area contributed by atoms with Crippen LogP contribution in [-0.4, -0.2) is 12.1 Å². The molecule has 17 heavy (non-hydrogen) atoms. The molecule has 3 aliphatic carbocycles. The van der Waals surface area contributed by atoms with Crippen LogP contribution in [0.4, 0.5) is 0 Å². The fraction of sp³-hybridized carbons (Fsp3) is 1.00. The zero-order valence-electron chi connectivity index (χ0n) is 11.5. The maximum Gasteiger partial charge on any atom is 0.00723 e. The average Bonchev–Trinajstić information content (AvgIpc) is 3.13. The molecule has 0 saturated heterocycles. The van der Waals surface area contributed by atoms with Crippen LogP contribution < -0.4 is 5.32 Å². The summed E-state index contributed by atoms with van der Waals surface area (Å²) in [5.74, 6) is 3.18. The summed E-state index contributed by atoms with van der Waals surface area (Å²) >= 11 is 0. The second-order valence-electron chi connectivity index (χ2n) is 7.10. The van der Waals surface area contributed by atoms with Crippen molar-refractivity contribution in [3.05, 3.63) is 0 Å². The summed E-state index contributed by atoms with van der Waals surface area (Å²) in [5, 5.41) is 4.00. The van der Waals surface area contributed by atoms with E-state index in [1.54, 1.807) is 0 Å². The van der Waals surface area contributed by atoms with Gasteiger partial charge in [-0.1, -0.05) is 32.6 Å². The van der Waals surface area contributed by atoms with Gasteiger partial charge in [-0.3, -0.25) is 0 Å². The molecule has 1 N–H and O–H groups in total. The third-order valence-corrected chi connectivity index (χ3v) is 5.41. The normalized spacial score (nSPS) is 43.6. The molecule has 1 heteroatoms. The monoisotopic (exact) mass is 235 g/mol. The van der Waals surface area contributed by atoms with Gasteiger partial charge in [-0.2, -0.15) is 0 Å². The Kier molecular flexibility index (Phi) is 3.75. The fourth-order valence-electron chi connectivity index (χ4n) is 4.29. The summed E-state index contributed by atoms with van der Waals surface area (Å²) in [6.45, 7) is 2.43. The van der Waals surface area contributed by atoms with E-state index < -0.39 is 0 Å². The van der Waals surface area contributed by atoms with Crippen LogP contribution in [0.3, 0.4) is 0 Å². The van der Waals surface area contributed by atoms with Crippen molar-refractivity contribution in [1.29, 1.82) is 0 Å². The highest BCUT2D eigenvalue weighted by atomic mass is 15.0. The Hall–Kier alpha value is -0.0400. The van der Waals surface area contributed by atoms with Crippen molar-refractivity contribution in [3.63, 3.8) is 0 Å². The lowest BCUT2D eigenvalue weighted by molar-refractivity contribution is 0.214. The molecular weight excluding hydrogens is 206 g/mol. The van der Waals surface area contributed by atoms with Crippen molar-refractivity contribution < 1.29 is 0 Å². The lowest BCUT2D eigenvalue weighted by Gasteiger charge is -2.35. The van der Waals surface area contributed by atoms with Crippen molar-refractivity contribution >= 4 is 0 Å². The molecule has 4 unspecified atom stereocenters. The van der Waals surface area contributed by atoms with Crippen LogP contribution in [0.5, 0.6) is 0 Å². The topological polar surface area (TPSA) is 12.0 Å².